The minimum absolute atomic E-state index is 0.0206. The Bertz CT molecular complexity index is 1190. The van der Waals surface area contributed by atoms with Crippen molar-refractivity contribution in [3.8, 4) is 22.5 Å². The maximum absolute atomic E-state index is 14.8. The molecule has 10 nitrogen and oxygen atoms in total. The number of nitrogens with zero attached hydrogens (tertiary/aromatic N) is 6. The van der Waals surface area contributed by atoms with E-state index in [1.54, 1.807) is 20.3 Å². The van der Waals surface area contributed by atoms with Crippen LogP contribution in [0, 0.1) is 5.82 Å². The second-order valence-electron chi connectivity index (χ2n) is 8.22. The number of halogens is 1. The summed E-state index contributed by atoms with van der Waals surface area (Å²) in [6.45, 7) is 5.26. The number of rotatable bonds is 5. The molecule has 1 amide bonds. The van der Waals surface area contributed by atoms with E-state index in [2.05, 4.69) is 26.9 Å². The second-order valence-corrected chi connectivity index (χ2v) is 9.28. The molecule has 1 aromatic carbocycles. The SMILES string of the molecule is CC1CN(c2nc(Oc3ccc(C(=O)N(C)C)cc3F)nc(-c3cnc(N)s3)n2)C(C)CCO1. The molecule has 2 atom stereocenters. The summed E-state index contributed by atoms with van der Waals surface area (Å²) in [6.07, 6.45) is 2.35. The van der Waals surface area contributed by atoms with Crippen molar-refractivity contribution in [2.24, 2.45) is 0 Å². The quantitative estimate of drug-likeness (QED) is 0.578. The fraction of sp³-hybridized carbons (Fsp3) is 0.409. The van der Waals surface area contributed by atoms with E-state index in [0.29, 0.717) is 34.9 Å². The van der Waals surface area contributed by atoms with Gasteiger partial charge in [-0.25, -0.2) is 9.37 Å². The molecular weight excluding hydrogens is 461 g/mol. The molecule has 1 aliphatic heterocycles. The number of nitrogen functional groups attached to an aromatic ring is 1. The lowest BCUT2D eigenvalue weighted by Gasteiger charge is -2.28. The number of hydrogen-bond acceptors (Lipinski definition) is 10. The zero-order valence-corrected chi connectivity index (χ0v) is 20.2. The maximum Gasteiger partial charge on any atom is 0.327 e. The number of ether oxygens (including phenoxy) is 2. The van der Waals surface area contributed by atoms with Gasteiger partial charge in [-0.15, -0.1) is 0 Å². The molecule has 34 heavy (non-hydrogen) atoms. The van der Waals surface area contributed by atoms with E-state index in [9.17, 15) is 9.18 Å². The van der Waals surface area contributed by atoms with Crippen LogP contribution in [0.3, 0.4) is 0 Å². The second kappa shape index (κ2) is 9.85. The lowest BCUT2D eigenvalue weighted by atomic mass is 10.2. The number of thiazole rings is 1. The van der Waals surface area contributed by atoms with Gasteiger partial charge in [0.15, 0.2) is 22.5 Å². The summed E-state index contributed by atoms with van der Waals surface area (Å²) in [5.41, 5.74) is 6.00. The summed E-state index contributed by atoms with van der Waals surface area (Å²) in [7, 11) is 3.20. The first-order valence-electron chi connectivity index (χ1n) is 10.8. The predicted octanol–water partition coefficient (Wildman–Crippen LogP) is 3.21. The minimum atomic E-state index is -0.705. The van der Waals surface area contributed by atoms with Crippen molar-refractivity contribution in [3.63, 3.8) is 0 Å². The Balaban J connectivity index is 1.72. The van der Waals surface area contributed by atoms with Gasteiger partial charge in [0.1, 0.15) is 0 Å². The maximum atomic E-state index is 14.8. The summed E-state index contributed by atoms with van der Waals surface area (Å²) in [6, 6.07) is 4.02. The highest BCUT2D eigenvalue weighted by molar-refractivity contribution is 7.18. The summed E-state index contributed by atoms with van der Waals surface area (Å²) < 4.78 is 26.3. The Morgan fingerprint density at radius 2 is 2.09 bits per heavy atom. The summed E-state index contributed by atoms with van der Waals surface area (Å²) in [4.78, 5) is 33.7. The zero-order chi connectivity index (χ0) is 24.4. The van der Waals surface area contributed by atoms with Crippen LogP contribution in [0.15, 0.2) is 24.4 Å². The standard InChI is InChI=1S/C22H26FN7O3S/c1-12-7-8-32-13(2)11-30(12)21-26-18(17-10-25-20(24)34-17)27-22(28-21)33-16-6-5-14(9-15(16)23)19(31)29(3)4/h5-6,9-10,12-13H,7-8,11H2,1-4H3,(H2,24,25). The van der Waals surface area contributed by atoms with Gasteiger partial charge in [-0.05, 0) is 38.5 Å². The van der Waals surface area contributed by atoms with Crippen LogP contribution in [0.2, 0.25) is 0 Å². The van der Waals surface area contributed by atoms with Crippen LogP contribution in [0.4, 0.5) is 15.5 Å². The average Bonchev–Trinajstić information content (AvgIpc) is 3.16. The van der Waals surface area contributed by atoms with Gasteiger partial charge in [0.05, 0.1) is 17.2 Å². The van der Waals surface area contributed by atoms with Crippen LogP contribution >= 0.6 is 11.3 Å². The molecule has 3 aromatic rings. The molecule has 180 valence electrons. The Kier molecular flexibility index (Phi) is 6.89. The minimum Gasteiger partial charge on any atom is -0.421 e. The van der Waals surface area contributed by atoms with E-state index < -0.39 is 5.82 Å². The average molecular weight is 488 g/mol. The van der Waals surface area contributed by atoms with Crippen molar-refractivity contribution in [3.05, 3.63) is 35.8 Å². The molecule has 4 rings (SSSR count). The third-order valence-corrected chi connectivity index (χ3v) is 6.14. The molecule has 0 saturated carbocycles. The number of nitrogens with two attached hydrogens (primary N) is 1. The van der Waals surface area contributed by atoms with E-state index in [4.69, 9.17) is 15.2 Å². The fourth-order valence-electron chi connectivity index (χ4n) is 3.48. The number of amides is 1. The van der Waals surface area contributed by atoms with Crippen LogP contribution in [0.5, 0.6) is 11.8 Å². The van der Waals surface area contributed by atoms with Crippen LogP contribution in [0.25, 0.3) is 10.7 Å². The van der Waals surface area contributed by atoms with Gasteiger partial charge in [-0.3, -0.25) is 4.79 Å². The molecule has 3 heterocycles. The van der Waals surface area contributed by atoms with Gasteiger partial charge in [0, 0.05) is 38.9 Å². The number of anilines is 2. The van der Waals surface area contributed by atoms with Crippen molar-refractivity contribution < 1.29 is 18.7 Å². The highest BCUT2D eigenvalue weighted by Crippen LogP contribution is 2.30. The predicted molar refractivity (Wildman–Crippen MR) is 127 cm³/mol. The van der Waals surface area contributed by atoms with Gasteiger partial charge in [-0.2, -0.15) is 15.0 Å². The first kappa shape index (κ1) is 23.8. The largest absolute Gasteiger partial charge is 0.421 e. The fourth-order valence-corrected chi connectivity index (χ4v) is 4.10. The summed E-state index contributed by atoms with van der Waals surface area (Å²) >= 11 is 1.23. The number of benzene rings is 1. The first-order valence-corrected chi connectivity index (χ1v) is 11.6. The Hall–Kier alpha value is -3.38. The monoisotopic (exact) mass is 487 g/mol. The summed E-state index contributed by atoms with van der Waals surface area (Å²) in [5.74, 6) is -0.425. The number of carbonyl (C=O) groups excluding carboxylic acids is 1. The third-order valence-electron chi connectivity index (χ3n) is 5.31. The highest BCUT2D eigenvalue weighted by Gasteiger charge is 2.26. The molecule has 1 fully saturated rings. The van der Waals surface area contributed by atoms with E-state index in [0.717, 1.165) is 12.5 Å². The molecule has 0 radical (unpaired) electrons. The smallest absolute Gasteiger partial charge is 0.327 e. The normalized spacial score (nSPS) is 18.4. The van der Waals surface area contributed by atoms with Crippen LogP contribution < -0.4 is 15.4 Å². The number of carbonyl (C=O) groups is 1. The molecular formula is C22H26FN7O3S. The van der Waals surface area contributed by atoms with Gasteiger partial charge in [0.25, 0.3) is 5.91 Å². The number of aromatic nitrogens is 4. The van der Waals surface area contributed by atoms with Gasteiger partial charge < -0.3 is 25.0 Å². The lowest BCUT2D eigenvalue weighted by Crippen LogP contribution is -2.37. The molecule has 1 saturated heterocycles. The Labute approximate surface area is 200 Å². The van der Waals surface area contributed by atoms with E-state index in [-0.39, 0.29) is 35.4 Å². The zero-order valence-electron chi connectivity index (χ0n) is 19.4. The molecule has 12 heteroatoms. The third kappa shape index (κ3) is 5.23. The summed E-state index contributed by atoms with van der Waals surface area (Å²) in [5, 5.41) is 0.372. The van der Waals surface area contributed by atoms with Crippen molar-refractivity contribution in [1.82, 2.24) is 24.8 Å². The van der Waals surface area contributed by atoms with Gasteiger partial charge >= 0.3 is 6.01 Å². The Morgan fingerprint density at radius 1 is 1.29 bits per heavy atom. The highest BCUT2D eigenvalue weighted by atomic mass is 32.1. The van der Waals surface area contributed by atoms with Crippen LogP contribution in [0.1, 0.15) is 30.6 Å². The molecule has 2 unspecified atom stereocenters. The molecule has 0 spiro atoms. The first-order chi connectivity index (χ1) is 16.2. The Morgan fingerprint density at radius 3 is 2.76 bits per heavy atom. The number of hydrogen-bond donors (Lipinski definition) is 1. The van der Waals surface area contributed by atoms with E-state index in [1.807, 2.05) is 11.8 Å². The van der Waals surface area contributed by atoms with Crippen molar-refractivity contribution in [2.75, 3.05) is 37.9 Å². The molecule has 0 aliphatic carbocycles. The van der Waals surface area contributed by atoms with Crippen molar-refractivity contribution >= 4 is 28.3 Å². The van der Waals surface area contributed by atoms with E-state index in [1.165, 1.54) is 28.4 Å². The van der Waals surface area contributed by atoms with Crippen molar-refractivity contribution in [2.45, 2.75) is 32.4 Å². The van der Waals surface area contributed by atoms with Gasteiger partial charge in [0.2, 0.25) is 5.95 Å². The topological polar surface area (TPSA) is 120 Å². The molecule has 2 N–H and O–H groups in total. The molecule has 2 aromatic heterocycles. The van der Waals surface area contributed by atoms with Crippen LogP contribution in [-0.2, 0) is 4.74 Å². The molecule has 1 aliphatic rings. The lowest BCUT2D eigenvalue weighted by molar-refractivity contribution is 0.0811. The molecule has 0 bridgehead atoms. The van der Waals surface area contributed by atoms with Crippen molar-refractivity contribution in [1.29, 1.82) is 0 Å². The van der Waals surface area contributed by atoms with Gasteiger partial charge in [-0.1, -0.05) is 11.3 Å². The van der Waals surface area contributed by atoms with E-state index >= 15 is 0 Å². The van der Waals surface area contributed by atoms with Crippen LogP contribution in [-0.4, -0.2) is 70.1 Å².